The van der Waals surface area contributed by atoms with E-state index in [0.29, 0.717) is 13.0 Å². The van der Waals surface area contributed by atoms with Crippen LogP contribution in [0.25, 0.3) is 0 Å². The van der Waals surface area contributed by atoms with Crippen molar-refractivity contribution in [1.82, 2.24) is 20.4 Å². The van der Waals surface area contributed by atoms with Gasteiger partial charge in [-0.05, 0) is 50.4 Å². The highest BCUT2D eigenvalue weighted by atomic mass is 127. The molecule has 2 heterocycles. The van der Waals surface area contributed by atoms with Gasteiger partial charge in [0.1, 0.15) is 0 Å². The van der Waals surface area contributed by atoms with Crippen LogP contribution in [0.5, 0.6) is 0 Å². The summed E-state index contributed by atoms with van der Waals surface area (Å²) in [4.78, 5) is 21.0. The quantitative estimate of drug-likeness (QED) is 0.319. The molecular formula is C22H36IN5O. The maximum Gasteiger partial charge on any atom is 0.222 e. The van der Waals surface area contributed by atoms with Gasteiger partial charge in [-0.15, -0.1) is 24.0 Å². The van der Waals surface area contributed by atoms with E-state index in [9.17, 15) is 4.79 Å². The predicted molar refractivity (Wildman–Crippen MR) is 130 cm³/mol. The van der Waals surface area contributed by atoms with Crippen LogP contribution in [-0.4, -0.2) is 60.9 Å². The summed E-state index contributed by atoms with van der Waals surface area (Å²) in [7, 11) is 0. The van der Waals surface area contributed by atoms with Crippen LogP contribution in [0.15, 0.2) is 29.3 Å². The molecule has 0 saturated carbocycles. The van der Waals surface area contributed by atoms with Crippen LogP contribution in [0.4, 0.5) is 0 Å². The van der Waals surface area contributed by atoms with Crippen molar-refractivity contribution >= 4 is 35.8 Å². The zero-order valence-electron chi connectivity index (χ0n) is 17.7. The monoisotopic (exact) mass is 513 g/mol. The first-order chi connectivity index (χ1) is 13.7. The van der Waals surface area contributed by atoms with Crippen molar-refractivity contribution in [3.05, 3.63) is 35.4 Å². The van der Waals surface area contributed by atoms with Crippen LogP contribution in [0.3, 0.4) is 0 Å². The Labute approximate surface area is 192 Å². The number of piperidine rings is 1. The molecule has 0 radical (unpaired) electrons. The summed E-state index contributed by atoms with van der Waals surface area (Å²) in [6.07, 6.45) is 5.72. The molecule has 2 aliphatic rings. The first-order valence-corrected chi connectivity index (χ1v) is 10.8. The third-order valence-corrected chi connectivity index (χ3v) is 5.50. The fourth-order valence-corrected chi connectivity index (χ4v) is 3.87. The number of nitrogens with one attached hydrogen (secondary N) is 2. The van der Waals surface area contributed by atoms with Crippen LogP contribution in [0, 0.1) is 0 Å². The Bertz CT molecular complexity index is 643. The summed E-state index contributed by atoms with van der Waals surface area (Å²) in [5, 5.41) is 6.79. The summed E-state index contributed by atoms with van der Waals surface area (Å²) in [6.45, 7) is 9.68. The molecule has 29 heavy (non-hydrogen) atoms. The number of benzene rings is 1. The molecule has 0 unspecified atom stereocenters. The Kier molecular flexibility index (Phi) is 10.8. The van der Waals surface area contributed by atoms with E-state index in [0.717, 1.165) is 45.1 Å². The molecule has 1 aromatic carbocycles. The summed E-state index contributed by atoms with van der Waals surface area (Å²) in [6, 6.07) is 8.48. The first-order valence-electron chi connectivity index (χ1n) is 10.8. The molecule has 0 aliphatic carbocycles. The maximum absolute atomic E-state index is 11.8. The van der Waals surface area contributed by atoms with Gasteiger partial charge in [0.15, 0.2) is 5.96 Å². The number of carbonyl (C=O) groups excluding carboxylic acids is 1. The van der Waals surface area contributed by atoms with E-state index in [2.05, 4.69) is 46.7 Å². The van der Waals surface area contributed by atoms with Crippen LogP contribution in [-0.2, 0) is 17.9 Å². The Morgan fingerprint density at radius 2 is 1.72 bits per heavy atom. The van der Waals surface area contributed by atoms with Crippen molar-refractivity contribution in [3.63, 3.8) is 0 Å². The van der Waals surface area contributed by atoms with Crippen LogP contribution >= 0.6 is 24.0 Å². The second-order valence-corrected chi connectivity index (χ2v) is 7.76. The van der Waals surface area contributed by atoms with E-state index < -0.39 is 0 Å². The fraction of sp³-hybridized carbons (Fsp3) is 0.636. The number of halogens is 1. The largest absolute Gasteiger partial charge is 0.357 e. The van der Waals surface area contributed by atoms with Crippen molar-refractivity contribution in [2.24, 2.45) is 4.99 Å². The number of aliphatic imine (C=N–C) groups is 1. The van der Waals surface area contributed by atoms with Gasteiger partial charge < -0.3 is 20.4 Å². The third-order valence-electron chi connectivity index (χ3n) is 5.50. The standard InChI is InChI=1S/C22H35N5O.HI/c1-2-23-22(24-12-16-26-13-4-3-5-14-26)25-17-19-8-10-20(11-9-19)18-27-15-6-7-21(27)28;/h8-11H,2-7,12-18H2,1H3,(H2,23,24,25);1H. The molecule has 0 atom stereocenters. The topological polar surface area (TPSA) is 60.0 Å². The van der Waals surface area contributed by atoms with Crippen LogP contribution in [0.2, 0.25) is 0 Å². The number of rotatable bonds is 8. The Morgan fingerprint density at radius 1 is 1.00 bits per heavy atom. The molecule has 3 rings (SSSR count). The summed E-state index contributed by atoms with van der Waals surface area (Å²) in [5.74, 6) is 1.16. The van der Waals surface area contributed by atoms with E-state index in [1.54, 1.807) is 0 Å². The number of guanidine groups is 1. The Morgan fingerprint density at radius 3 is 2.38 bits per heavy atom. The van der Waals surface area contributed by atoms with Gasteiger partial charge in [-0.1, -0.05) is 30.7 Å². The van der Waals surface area contributed by atoms with Crippen molar-refractivity contribution in [3.8, 4) is 0 Å². The second kappa shape index (κ2) is 13.1. The number of carbonyl (C=O) groups is 1. The number of hydrogen-bond acceptors (Lipinski definition) is 3. The zero-order valence-corrected chi connectivity index (χ0v) is 20.0. The minimum atomic E-state index is 0. The minimum absolute atomic E-state index is 0. The summed E-state index contributed by atoms with van der Waals surface area (Å²) >= 11 is 0. The lowest BCUT2D eigenvalue weighted by atomic mass is 10.1. The number of nitrogens with zero attached hydrogens (tertiary/aromatic N) is 3. The molecule has 0 spiro atoms. The first kappa shape index (κ1) is 23.9. The van der Waals surface area contributed by atoms with Gasteiger partial charge in [0, 0.05) is 39.1 Å². The normalized spacial score (nSPS) is 17.9. The van der Waals surface area contributed by atoms with Gasteiger partial charge >= 0.3 is 0 Å². The van der Waals surface area contributed by atoms with E-state index in [-0.39, 0.29) is 29.9 Å². The third kappa shape index (κ3) is 8.12. The zero-order chi connectivity index (χ0) is 19.6. The molecule has 7 heteroatoms. The number of amides is 1. The van der Waals surface area contributed by atoms with Crippen molar-refractivity contribution in [2.75, 3.05) is 39.3 Å². The molecule has 1 amide bonds. The summed E-state index contributed by atoms with van der Waals surface area (Å²) < 4.78 is 0. The fourth-order valence-electron chi connectivity index (χ4n) is 3.87. The lowest BCUT2D eigenvalue weighted by Crippen LogP contribution is -2.42. The highest BCUT2D eigenvalue weighted by Gasteiger charge is 2.19. The molecule has 6 nitrogen and oxygen atoms in total. The molecule has 2 saturated heterocycles. The van der Waals surface area contributed by atoms with Crippen molar-refractivity contribution in [2.45, 2.75) is 52.1 Å². The van der Waals surface area contributed by atoms with Crippen molar-refractivity contribution < 1.29 is 4.79 Å². The molecule has 1 aromatic rings. The average molecular weight is 513 g/mol. The van der Waals surface area contributed by atoms with Gasteiger partial charge in [0.25, 0.3) is 0 Å². The van der Waals surface area contributed by atoms with Gasteiger partial charge in [-0.25, -0.2) is 4.99 Å². The summed E-state index contributed by atoms with van der Waals surface area (Å²) in [5.41, 5.74) is 2.37. The molecule has 2 N–H and O–H groups in total. The minimum Gasteiger partial charge on any atom is -0.357 e. The van der Waals surface area contributed by atoms with Crippen molar-refractivity contribution in [1.29, 1.82) is 0 Å². The van der Waals surface area contributed by atoms with Gasteiger partial charge in [-0.3, -0.25) is 4.79 Å². The van der Waals surface area contributed by atoms with Gasteiger partial charge in [-0.2, -0.15) is 0 Å². The molecule has 2 fully saturated rings. The second-order valence-electron chi connectivity index (χ2n) is 7.76. The van der Waals surface area contributed by atoms with Gasteiger partial charge in [0.2, 0.25) is 5.91 Å². The lowest BCUT2D eigenvalue weighted by Gasteiger charge is -2.26. The Balaban J connectivity index is 0.00000300. The molecule has 0 bridgehead atoms. The lowest BCUT2D eigenvalue weighted by molar-refractivity contribution is -0.128. The number of likely N-dealkylation sites (tertiary alicyclic amines) is 2. The van der Waals surface area contributed by atoms with Crippen LogP contribution in [0.1, 0.15) is 50.2 Å². The average Bonchev–Trinajstić information content (AvgIpc) is 3.12. The van der Waals surface area contributed by atoms with E-state index in [4.69, 9.17) is 4.99 Å². The predicted octanol–water partition coefficient (Wildman–Crippen LogP) is 2.97. The molecule has 162 valence electrons. The van der Waals surface area contributed by atoms with E-state index >= 15 is 0 Å². The molecule has 2 aliphatic heterocycles. The molecule has 0 aromatic heterocycles. The number of hydrogen-bond donors (Lipinski definition) is 2. The SMILES string of the molecule is CCNC(=NCc1ccc(CN2CCCC2=O)cc1)NCCN1CCCCC1.I. The highest BCUT2D eigenvalue weighted by Crippen LogP contribution is 2.15. The highest BCUT2D eigenvalue weighted by molar-refractivity contribution is 14.0. The van der Waals surface area contributed by atoms with Gasteiger partial charge in [0.05, 0.1) is 6.54 Å². The molecular weight excluding hydrogens is 477 g/mol. The smallest absolute Gasteiger partial charge is 0.222 e. The Hall–Kier alpha value is -1.35. The van der Waals surface area contributed by atoms with E-state index in [1.165, 1.54) is 43.5 Å². The van der Waals surface area contributed by atoms with Crippen LogP contribution < -0.4 is 10.6 Å². The van der Waals surface area contributed by atoms with E-state index in [1.807, 2.05) is 4.90 Å². The maximum atomic E-state index is 11.8.